The van der Waals surface area contributed by atoms with Gasteiger partial charge in [0.2, 0.25) is 5.56 Å². The van der Waals surface area contributed by atoms with Gasteiger partial charge in [-0.2, -0.15) is 0 Å². The third kappa shape index (κ3) is 4.46. The number of nitrogens with zero attached hydrogens (tertiary/aromatic N) is 2. The van der Waals surface area contributed by atoms with Gasteiger partial charge in [-0.05, 0) is 50.3 Å². The van der Waals surface area contributed by atoms with Crippen molar-refractivity contribution in [1.29, 1.82) is 0 Å². The van der Waals surface area contributed by atoms with Crippen LogP contribution < -0.4 is 5.56 Å². The Morgan fingerprint density at radius 3 is 2.54 bits per heavy atom. The summed E-state index contributed by atoms with van der Waals surface area (Å²) < 4.78 is 13.8. The molecule has 3 rings (SSSR count). The highest BCUT2D eigenvalue weighted by Crippen LogP contribution is 2.20. The number of H-pyrrole nitrogens is 1. The van der Waals surface area contributed by atoms with E-state index in [1.54, 1.807) is 4.90 Å². The molecule has 1 amide bonds. The minimum absolute atomic E-state index is 0.214. The van der Waals surface area contributed by atoms with Crippen molar-refractivity contribution in [2.75, 3.05) is 27.2 Å². The Hall–Kier alpha value is -2.99. The van der Waals surface area contributed by atoms with Gasteiger partial charge in [-0.15, -0.1) is 0 Å². The number of amides is 1. The van der Waals surface area contributed by atoms with E-state index in [0.717, 1.165) is 11.1 Å². The lowest BCUT2D eigenvalue weighted by molar-refractivity contribution is 0.0733. The van der Waals surface area contributed by atoms with Crippen LogP contribution >= 0.6 is 0 Å². The molecule has 0 saturated carbocycles. The molecule has 5 nitrogen and oxygen atoms in total. The van der Waals surface area contributed by atoms with Gasteiger partial charge in [0.15, 0.2) is 0 Å². The van der Waals surface area contributed by atoms with Crippen LogP contribution in [0.3, 0.4) is 0 Å². The van der Waals surface area contributed by atoms with Crippen molar-refractivity contribution in [2.45, 2.75) is 13.5 Å². The summed E-state index contributed by atoms with van der Waals surface area (Å²) in [6.45, 7) is 3.59. The van der Waals surface area contributed by atoms with Crippen molar-refractivity contribution < 1.29 is 9.18 Å². The minimum atomic E-state index is -0.452. The average molecular weight is 381 g/mol. The third-order valence-corrected chi connectivity index (χ3v) is 4.76. The predicted octanol–water partition coefficient (Wildman–Crippen LogP) is 3.18. The lowest BCUT2D eigenvalue weighted by Crippen LogP contribution is -2.37. The second-order valence-corrected chi connectivity index (χ2v) is 7.19. The molecule has 0 aliphatic rings. The Kier molecular flexibility index (Phi) is 5.90. The van der Waals surface area contributed by atoms with Crippen LogP contribution in [-0.2, 0) is 6.54 Å². The molecule has 0 spiro atoms. The molecule has 1 N–H and O–H groups in total. The monoisotopic (exact) mass is 381 g/mol. The second-order valence-electron chi connectivity index (χ2n) is 7.19. The van der Waals surface area contributed by atoms with Crippen molar-refractivity contribution in [1.82, 2.24) is 14.8 Å². The molecule has 3 aromatic rings. The number of fused-ring (bicyclic) bond motifs is 1. The van der Waals surface area contributed by atoms with E-state index in [-0.39, 0.29) is 17.0 Å². The number of aromatic amines is 1. The molecule has 1 aromatic heterocycles. The largest absolute Gasteiger partial charge is 0.333 e. The third-order valence-electron chi connectivity index (χ3n) is 4.76. The van der Waals surface area contributed by atoms with Crippen molar-refractivity contribution in [3.05, 3.63) is 81.4 Å². The first-order valence-corrected chi connectivity index (χ1v) is 9.16. The molecule has 1 heterocycles. The lowest BCUT2D eigenvalue weighted by atomic mass is 10.1. The summed E-state index contributed by atoms with van der Waals surface area (Å²) in [4.78, 5) is 31.8. The van der Waals surface area contributed by atoms with Gasteiger partial charge in [0.1, 0.15) is 5.82 Å². The number of hydrogen-bond donors (Lipinski definition) is 1. The number of aryl methyl sites for hydroxylation is 1. The molecule has 0 saturated heterocycles. The van der Waals surface area contributed by atoms with Crippen LogP contribution in [0.1, 0.15) is 21.5 Å². The number of nitrogens with one attached hydrogen (secondary N) is 1. The van der Waals surface area contributed by atoms with Gasteiger partial charge in [-0.1, -0.05) is 24.3 Å². The highest BCUT2D eigenvalue weighted by molar-refractivity contribution is 6.06. The van der Waals surface area contributed by atoms with Crippen LogP contribution in [-0.4, -0.2) is 47.9 Å². The molecular weight excluding hydrogens is 357 g/mol. The van der Waals surface area contributed by atoms with Crippen molar-refractivity contribution in [2.24, 2.45) is 0 Å². The van der Waals surface area contributed by atoms with E-state index >= 15 is 0 Å². The van der Waals surface area contributed by atoms with E-state index in [2.05, 4.69) is 4.98 Å². The summed E-state index contributed by atoms with van der Waals surface area (Å²) in [5, 5.41) is 0.407. The summed E-state index contributed by atoms with van der Waals surface area (Å²) in [6, 6.07) is 13.2. The number of carbonyl (C=O) groups is 1. The molecule has 28 heavy (non-hydrogen) atoms. The van der Waals surface area contributed by atoms with Gasteiger partial charge in [0, 0.05) is 36.6 Å². The van der Waals surface area contributed by atoms with Crippen molar-refractivity contribution >= 4 is 16.8 Å². The predicted molar refractivity (Wildman–Crippen MR) is 109 cm³/mol. The normalized spacial score (nSPS) is 11.2. The Balaban J connectivity index is 2.03. The number of carbonyl (C=O) groups excluding carboxylic acids is 1. The highest BCUT2D eigenvalue weighted by Gasteiger charge is 2.20. The molecule has 0 aliphatic carbocycles. The molecular formula is C22H24FN3O2. The first-order valence-electron chi connectivity index (χ1n) is 9.16. The quantitative estimate of drug-likeness (QED) is 0.714. The minimum Gasteiger partial charge on any atom is -0.333 e. The van der Waals surface area contributed by atoms with E-state index in [1.165, 1.54) is 24.3 Å². The SMILES string of the molecule is Cc1ccccc1CN(CCN(C)C)C(=O)c1cc(=O)[nH]c2ccc(F)cc12. The topological polar surface area (TPSA) is 56.4 Å². The maximum absolute atomic E-state index is 13.8. The van der Waals surface area contributed by atoms with Gasteiger partial charge in [-0.3, -0.25) is 9.59 Å². The van der Waals surface area contributed by atoms with Crippen molar-refractivity contribution in [3.8, 4) is 0 Å². The van der Waals surface area contributed by atoms with Crippen LogP contribution in [0.25, 0.3) is 10.9 Å². The number of pyridine rings is 1. The summed E-state index contributed by atoms with van der Waals surface area (Å²) >= 11 is 0. The number of likely N-dealkylation sites (N-methyl/N-ethyl adjacent to an activating group) is 1. The first-order chi connectivity index (χ1) is 13.3. The van der Waals surface area contributed by atoms with Crippen LogP contribution in [0.4, 0.5) is 4.39 Å². The Morgan fingerprint density at radius 1 is 1.07 bits per heavy atom. The van der Waals surface area contributed by atoms with Gasteiger partial charge < -0.3 is 14.8 Å². The van der Waals surface area contributed by atoms with Crippen LogP contribution in [0, 0.1) is 12.7 Å². The molecule has 0 bridgehead atoms. The number of hydrogen-bond acceptors (Lipinski definition) is 3. The number of aromatic nitrogens is 1. The fourth-order valence-corrected chi connectivity index (χ4v) is 3.14. The standard InChI is InChI=1S/C22H24FN3O2/c1-15-6-4-5-7-16(15)14-26(11-10-25(2)3)22(28)19-13-21(27)24-20-9-8-17(23)12-18(19)20/h4-9,12-13H,10-11,14H2,1-3H3,(H,24,27). The van der Waals surface area contributed by atoms with E-state index in [9.17, 15) is 14.0 Å². The fourth-order valence-electron chi connectivity index (χ4n) is 3.14. The van der Waals surface area contributed by atoms with E-state index in [1.807, 2.05) is 50.2 Å². The zero-order valence-corrected chi connectivity index (χ0v) is 16.3. The zero-order valence-electron chi connectivity index (χ0n) is 16.3. The molecule has 0 atom stereocenters. The fraction of sp³-hybridized carbons (Fsp3) is 0.273. The van der Waals surface area contributed by atoms with Gasteiger partial charge in [0.05, 0.1) is 5.56 Å². The summed E-state index contributed by atoms with van der Waals surface area (Å²) in [7, 11) is 3.88. The Bertz CT molecular complexity index is 1060. The Labute approximate surface area is 163 Å². The smallest absolute Gasteiger partial charge is 0.255 e. The molecule has 0 radical (unpaired) electrons. The maximum Gasteiger partial charge on any atom is 0.255 e. The molecule has 6 heteroatoms. The van der Waals surface area contributed by atoms with E-state index < -0.39 is 5.82 Å². The zero-order chi connectivity index (χ0) is 20.3. The van der Waals surface area contributed by atoms with Crippen LogP contribution in [0.15, 0.2) is 53.3 Å². The van der Waals surface area contributed by atoms with Gasteiger partial charge in [-0.25, -0.2) is 4.39 Å². The molecule has 146 valence electrons. The number of rotatable bonds is 6. The average Bonchev–Trinajstić information content (AvgIpc) is 2.65. The second kappa shape index (κ2) is 8.35. The maximum atomic E-state index is 13.8. The van der Waals surface area contributed by atoms with Crippen LogP contribution in [0.2, 0.25) is 0 Å². The summed E-state index contributed by atoms with van der Waals surface area (Å²) in [5.74, 6) is -0.737. The number of benzene rings is 2. The van der Waals surface area contributed by atoms with Gasteiger partial charge in [0.25, 0.3) is 5.91 Å². The highest BCUT2D eigenvalue weighted by atomic mass is 19.1. The summed E-state index contributed by atoms with van der Waals surface area (Å²) in [6.07, 6.45) is 0. The molecule has 0 aliphatic heterocycles. The molecule has 0 fully saturated rings. The van der Waals surface area contributed by atoms with Crippen LogP contribution in [0.5, 0.6) is 0 Å². The summed E-state index contributed by atoms with van der Waals surface area (Å²) in [5.41, 5.74) is 2.40. The van der Waals surface area contributed by atoms with E-state index in [4.69, 9.17) is 0 Å². The van der Waals surface area contributed by atoms with E-state index in [0.29, 0.717) is 30.5 Å². The number of halogens is 1. The molecule has 2 aromatic carbocycles. The first kappa shape index (κ1) is 19.8. The van der Waals surface area contributed by atoms with Crippen molar-refractivity contribution in [3.63, 3.8) is 0 Å². The molecule has 0 unspecified atom stereocenters. The lowest BCUT2D eigenvalue weighted by Gasteiger charge is -2.26. The van der Waals surface area contributed by atoms with Gasteiger partial charge >= 0.3 is 0 Å². The Morgan fingerprint density at radius 2 is 1.82 bits per heavy atom.